The van der Waals surface area contributed by atoms with Crippen molar-refractivity contribution in [1.29, 1.82) is 0 Å². The third-order valence-corrected chi connectivity index (χ3v) is 4.82. The van der Waals surface area contributed by atoms with Crippen molar-refractivity contribution < 1.29 is 5.11 Å². The highest BCUT2D eigenvalue weighted by atomic mass is 32.2. The Hall–Kier alpha value is -1.29. The van der Waals surface area contributed by atoms with Crippen molar-refractivity contribution in [2.75, 3.05) is 12.3 Å². The van der Waals surface area contributed by atoms with Gasteiger partial charge in [-0.3, -0.25) is 0 Å². The van der Waals surface area contributed by atoms with Gasteiger partial charge in [-0.1, -0.05) is 48.5 Å². The Morgan fingerprint density at radius 1 is 1.10 bits per heavy atom. The molecular formula is C17H19NOS. The molecule has 1 aliphatic heterocycles. The van der Waals surface area contributed by atoms with Gasteiger partial charge < -0.3 is 10.4 Å². The molecular weight excluding hydrogens is 266 g/mol. The minimum absolute atomic E-state index is 0.353. The van der Waals surface area contributed by atoms with Crippen LogP contribution in [0.5, 0.6) is 0 Å². The predicted octanol–water partition coefficient (Wildman–Crippen LogP) is 3.55. The number of nitrogens with one attached hydrogen (secondary N) is 1. The average Bonchev–Trinajstić information content (AvgIpc) is 2.53. The molecule has 0 aromatic heterocycles. The number of aliphatic hydroxyl groups is 1. The van der Waals surface area contributed by atoms with Gasteiger partial charge in [0.05, 0.1) is 6.10 Å². The van der Waals surface area contributed by atoms with Gasteiger partial charge in [-0.2, -0.15) is 0 Å². The summed E-state index contributed by atoms with van der Waals surface area (Å²) in [6, 6.07) is 18.7. The second-order valence-electron chi connectivity index (χ2n) is 5.06. The van der Waals surface area contributed by atoms with Crippen LogP contribution in [0.25, 0.3) is 0 Å². The van der Waals surface area contributed by atoms with Crippen LogP contribution in [0.3, 0.4) is 0 Å². The Labute approximate surface area is 124 Å². The van der Waals surface area contributed by atoms with E-state index >= 15 is 0 Å². The lowest BCUT2D eigenvalue weighted by molar-refractivity contribution is 0.169. The van der Waals surface area contributed by atoms with Crippen molar-refractivity contribution in [3.63, 3.8) is 0 Å². The van der Waals surface area contributed by atoms with Crippen LogP contribution >= 0.6 is 11.8 Å². The van der Waals surface area contributed by atoms with Crippen LogP contribution in [-0.4, -0.2) is 17.4 Å². The van der Waals surface area contributed by atoms with E-state index in [1.54, 1.807) is 0 Å². The molecule has 0 amide bonds. The monoisotopic (exact) mass is 285 g/mol. The molecule has 2 atom stereocenters. The Morgan fingerprint density at radius 2 is 1.85 bits per heavy atom. The first-order valence-electron chi connectivity index (χ1n) is 7.03. The van der Waals surface area contributed by atoms with E-state index in [4.69, 9.17) is 0 Å². The number of hydrogen-bond donors (Lipinski definition) is 2. The van der Waals surface area contributed by atoms with Gasteiger partial charge >= 0.3 is 0 Å². The van der Waals surface area contributed by atoms with E-state index in [9.17, 15) is 5.11 Å². The van der Waals surface area contributed by atoms with Crippen LogP contribution < -0.4 is 5.32 Å². The van der Waals surface area contributed by atoms with E-state index in [0.717, 1.165) is 17.7 Å². The molecule has 104 valence electrons. The molecule has 0 saturated heterocycles. The van der Waals surface area contributed by atoms with Gasteiger partial charge in [0.2, 0.25) is 0 Å². The molecule has 0 radical (unpaired) electrons. The molecule has 0 saturated carbocycles. The normalized spacial score (nSPS) is 19.4. The van der Waals surface area contributed by atoms with Crippen LogP contribution in [0.2, 0.25) is 0 Å². The molecule has 3 rings (SSSR count). The topological polar surface area (TPSA) is 32.3 Å². The molecule has 1 aliphatic rings. The molecule has 2 nitrogen and oxygen atoms in total. The smallest absolute Gasteiger partial charge is 0.0914 e. The summed E-state index contributed by atoms with van der Waals surface area (Å²) in [5, 5.41) is 13.7. The molecule has 0 fully saturated rings. The third kappa shape index (κ3) is 3.06. The van der Waals surface area contributed by atoms with Crippen molar-refractivity contribution in [1.82, 2.24) is 5.32 Å². The molecule has 0 spiro atoms. The largest absolute Gasteiger partial charge is 0.387 e. The number of fused-ring (bicyclic) bond motifs is 1. The van der Waals surface area contributed by atoms with E-state index < -0.39 is 6.10 Å². The fourth-order valence-corrected chi connectivity index (χ4v) is 3.73. The summed E-state index contributed by atoms with van der Waals surface area (Å²) < 4.78 is 0. The maximum atomic E-state index is 10.2. The molecule has 20 heavy (non-hydrogen) atoms. The standard InChI is InChI=1S/C17H19NOS/c19-16(13-6-2-1-3-7-13)12-18-15-10-11-20-17-9-5-4-8-14(15)17/h1-9,15-16,18-19H,10-12H2. The van der Waals surface area contributed by atoms with E-state index in [1.165, 1.54) is 10.5 Å². The molecule has 0 aliphatic carbocycles. The molecule has 2 aromatic rings. The summed E-state index contributed by atoms with van der Waals surface area (Å²) in [7, 11) is 0. The number of aliphatic hydroxyl groups excluding tert-OH is 1. The summed E-state index contributed by atoms with van der Waals surface area (Å²) in [6.45, 7) is 0.591. The maximum absolute atomic E-state index is 10.2. The van der Waals surface area contributed by atoms with Gasteiger partial charge in [-0.05, 0) is 29.4 Å². The molecule has 2 N–H and O–H groups in total. The first kappa shape index (κ1) is 13.7. The summed E-state index contributed by atoms with van der Waals surface area (Å²) in [5.74, 6) is 1.14. The SMILES string of the molecule is OC(CNC1CCSc2ccccc21)c1ccccc1. The summed E-state index contributed by atoms with van der Waals surface area (Å²) in [5.41, 5.74) is 2.34. The molecule has 1 heterocycles. The highest BCUT2D eigenvalue weighted by molar-refractivity contribution is 7.99. The van der Waals surface area contributed by atoms with E-state index in [2.05, 4.69) is 29.6 Å². The Morgan fingerprint density at radius 3 is 2.70 bits per heavy atom. The van der Waals surface area contributed by atoms with E-state index in [0.29, 0.717) is 12.6 Å². The second-order valence-corrected chi connectivity index (χ2v) is 6.20. The fraction of sp³-hybridized carbons (Fsp3) is 0.294. The Kier molecular flexibility index (Phi) is 4.41. The van der Waals surface area contributed by atoms with Crippen LogP contribution in [0.15, 0.2) is 59.5 Å². The van der Waals surface area contributed by atoms with Gasteiger partial charge in [0.15, 0.2) is 0 Å². The molecule has 2 aromatic carbocycles. The fourth-order valence-electron chi connectivity index (χ4n) is 2.60. The molecule has 2 unspecified atom stereocenters. The van der Waals surface area contributed by atoms with Crippen molar-refractivity contribution in [3.05, 3.63) is 65.7 Å². The van der Waals surface area contributed by atoms with E-state index in [-0.39, 0.29) is 0 Å². The minimum Gasteiger partial charge on any atom is -0.387 e. The van der Waals surface area contributed by atoms with Gasteiger partial charge in [-0.15, -0.1) is 11.8 Å². The number of hydrogen-bond acceptors (Lipinski definition) is 3. The van der Waals surface area contributed by atoms with Crippen LogP contribution in [-0.2, 0) is 0 Å². The number of benzene rings is 2. The third-order valence-electron chi connectivity index (χ3n) is 3.70. The van der Waals surface area contributed by atoms with E-state index in [1.807, 2.05) is 42.1 Å². The van der Waals surface area contributed by atoms with Crippen molar-refractivity contribution in [3.8, 4) is 0 Å². The highest BCUT2D eigenvalue weighted by Crippen LogP contribution is 2.35. The average molecular weight is 285 g/mol. The minimum atomic E-state index is -0.446. The first-order valence-corrected chi connectivity index (χ1v) is 8.01. The zero-order valence-corrected chi connectivity index (χ0v) is 12.1. The van der Waals surface area contributed by atoms with Crippen molar-refractivity contribution in [2.24, 2.45) is 0 Å². The van der Waals surface area contributed by atoms with Crippen LogP contribution in [0, 0.1) is 0 Å². The predicted molar refractivity (Wildman–Crippen MR) is 83.9 cm³/mol. The van der Waals surface area contributed by atoms with Gasteiger partial charge in [0.1, 0.15) is 0 Å². The van der Waals surface area contributed by atoms with Crippen LogP contribution in [0.1, 0.15) is 29.7 Å². The van der Waals surface area contributed by atoms with Gasteiger partial charge in [0.25, 0.3) is 0 Å². The number of thioether (sulfide) groups is 1. The van der Waals surface area contributed by atoms with Gasteiger partial charge in [-0.25, -0.2) is 0 Å². The lowest BCUT2D eigenvalue weighted by Gasteiger charge is -2.27. The quantitative estimate of drug-likeness (QED) is 0.901. The maximum Gasteiger partial charge on any atom is 0.0914 e. The summed E-state index contributed by atoms with van der Waals surface area (Å²) in [4.78, 5) is 1.37. The number of rotatable bonds is 4. The van der Waals surface area contributed by atoms with Crippen molar-refractivity contribution >= 4 is 11.8 Å². The van der Waals surface area contributed by atoms with Gasteiger partial charge in [0, 0.05) is 17.5 Å². The molecule has 3 heteroatoms. The highest BCUT2D eigenvalue weighted by Gasteiger charge is 2.20. The molecule has 0 bridgehead atoms. The van der Waals surface area contributed by atoms with Crippen LogP contribution in [0.4, 0.5) is 0 Å². The second kappa shape index (κ2) is 6.44. The lowest BCUT2D eigenvalue weighted by atomic mass is 10.0. The zero-order chi connectivity index (χ0) is 13.8. The lowest BCUT2D eigenvalue weighted by Crippen LogP contribution is -2.28. The Balaban J connectivity index is 1.65. The first-order chi connectivity index (χ1) is 9.84. The summed E-state index contributed by atoms with van der Waals surface area (Å²) >= 11 is 1.92. The summed E-state index contributed by atoms with van der Waals surface area (Å²) in [6.07, 6.45) is 0.668. The Bertz CT molecular complexity index is 558. The zero-order valence-electron chi connectivity index (χ0n) is 11.3. The van der Waals surface area contributed by atoms with Crippen molar-refractivity contribution in [2.45, 2.75) is 23.5 Å².